The fourth-order valence-corrected chi connectivity index (χ4v) is 11.3. The van der Waals surface area contributed by atoms with Crippen LogP contribution in [-0.4, -0.2) is 120 Å². The topological polar surface area (TPSA) is 379 Å². The largest absolute Gasteiger partial charge is 0.368 e. The van der Waals surface area contributed by atoms with E-state index in [1.54, 1.807) is 12.4 Å². The monoisotopic (exact) mass is 1210 g/mol. The van der Waals surface area contributed by atoms with Gasteiger partial charge < -0.3 is 76.3 Å². The molecule has 4 aromatic carbocycles. The molecule has 0 bridgehead atoms. The number of fused-ring (bicyclic) bond motifs is 2. The van der Waals surface area contributed by atoms with E-state index in [2.05, 4.69) is 41.9 Å². The van der Waals surface area contributed by atoms with Crippen LogP contribution in [0, 0.1) is 5.41 Å². The number of aromatic nitrogens is 2. The van der Waals surface area contributed by atoms with Crippen LogP contribution in [0.2, 0.25) is 0 Å². The molecule has 2 aromatic heterocycles. The van der Waals surface area contributed by atoms with Gasteiger partial charge in [0.1, 0.15) is 30.2 Å². The highest BCUT2D eigenvalue weighted by molar-refractivity contribution is 5.97. The van der Waals surface area contributed by atoms with E-state index in [4.69, 9.17) is 34.4 Å². The number of carbonyl (C=O) groups is 7. The minimum atomic E-state index is -1.39. The van der Waals surface area contributed by atoms with Crippen molar-refractivity contribution in [1.82, 2.24) is 41.9 Å². The first-order chi connectivity index (χ1) is 42.7. The molecule has 0 fully saturated rings. The molecule has 0 aliphatic rings. The number of rotatable bonds is 42. The van der Waals surface area contributed by atoms with Crippen LogP contribution in [0.4, 0.5) is 0 Å². The van der Waals surface area contributed by atoms with Gasteiger partial charge in [-0.3, -0.25) is 33.6 Å². The number of amides is 7. The summed E-state index contributed by atoms with van der Waals surface area (Å²) in [6, 6.07) is 28.4. The van der Waals surface area contributed by atoms with Crippen molar-refractivity contribution in [2.24, 2.45) is 39.8 Å². The normalized spacial score (nSPS) is 13.6. The third kappa shape index (κ3) is 21.7. The van der Waals surface area contributed by atoms with Crippen LogP contribution < -0.4 is 66.3 Å². The van der Waals surface area contributed by atoms with Gasteiger partial charge in [0.05, 0.1) is 11.5 Å². The molecule has 88 heavy (non-hydrogen) atoms. The van der Waals surface area contributed by atoms with E-state index in [1.807, 2.05) is 109 Å². The summed E-state index contributed by atoms with van der Waals surface area (Å²) >= 11 is 0. The molecule has 0 saturated heterocycles. The highest BCUT2D eigenvalue weighted by Crippen LogP contribution is 2.33. The number of hydrogen-bond acceptors (Lipinski definition) is 12. The first-order valence-electron chi connectivity index (χ1n) is 31.5. The van der Waals surface area contributed by atoms with Crippen molar-refractivity contribution < 1.29 is 33.6 Å². The van der Waals surface area contributed by atoms with Crippen LogP contribution >= 0.6 is 0 Å². The second-order valence-electron chi connectivity index (χ2n) is 23.2. The summed E-state index contributed by atoms with van der Waals surface area (Å²) in [7, 11) is 0. The summed E-state index contributed by atoms with van der Waals surface area (Å²) in [5.74, 6) is -4.16. The molecular formula is C67H96N14O7. The molecule has 0 aliphatic carbocycles. The van der Waals surface area contributed by atoms with E-state index >= 15 is 14.4 Å². The first kappa shape index (κ1) is 69.2. The van der Waals surface area contributed by atoms with Crippen LogP contribution in [0.1, 0.15) is 125 Å². The Labute approximate surface area is 517 Å². The lowest BCUT2D eigenvalue weighted by Crippen LogP contribution is -2.60. The molecular weight excluding hydrogens is 1110 g/mol. The highest BCUT2D eigenvalue weighted by atomic mass is 16.2. The Bertz CT molecular complexity index is 3070. The molecule has 6 atom stereocenters. The number of H-pyrrole nitrogens is 2. The highest BCUT2D eigenvalue weighted by Gasteiger charge is 2.41. The van der Waals surface area contributed by atoms with Crippen molar-refractivity contribution in [3.8, 4) is 0 Å². The number of aryl methyl sites for hydroxylation is 2. The van der Waals surface area contributed by atoms with Gasteiger partial charge in [0.2, 0.25) is 41.4 Å². The molecule has 21 nitrogen and oxygen atoms in total. The Morgan fingerprint density at radius 1 is 0.420 bits per heavy atom. The third-order valence-electron chi connectivity index (χ3n) is 16.5. The number of nitrogens with two attached hydrogens (primary N) is 6. The van der Waals surface area contributed by atoms with Gasteiger partial charge in [0.15, 0.2) is 0 Å². The maximum atomic E-state index is 16.1. The van der Waals surface area contributed by atoms with Crippen molar-refractivity contribution in [3.63, 3.8) is 0 Å². The molecule has 6 rings (SSSR count). The molecule has 7 amide bonds. The number of aromatic amines is 2. The number of nitrogens with one attached hydrogen (secondary N) is 8. The summed E-state index contributed by atoms with van der Waals surface area (Å²) in [6.45, 7) is 1.35. The van der Waals surface area contributed by atoms with Crippen LogP contribution in [-0.2, 0) is 59.2 Å². The Morgan fingerprint density at radius 2 is 0.807 bits per heavy atom. The lowest BCUT2D eigenvalue weighted by molar-refractivity contribution is -0.138. The molecule has 2 heterocycles. The number of para-hydroxylation sites is 2. The second-order valence-corrected chi connectivity index (χ2v) is 23.2. The van der Waals surface area contributed by atoms with Gasteiger partial charge in [-0.05, 0) is 170 Å². The van der Waals surface area contributed by atoms with Crippen LogP contribution in [0.3, 0.4) is 0 Å². The molecule has 0 spiro atoms. The van der Waals surface area contributed by atoms with E-state index in [0.717, 1.165) is 44.1 Å². The van der Waals surface area contributed by atoms with Gasteiger partial charge in [-0.15, -0.1) is 0 Å². The molecule has 6 aromatic rings. The zero-order chi connectivity index (χ0) is 63.1. The standard InChI is InChI=1S/C67H96N14O7/c68-37-15-11-29-52(72)61(83)78-56(33-13-17-39-70)64(86)80-58(41-48-43-74-53-30-9-7-27-50(48)53)62(84)76-45-67(35-19-25-46-21-3-1-4-22-46,36-20-26-47-23-5-2-6-24-47)66(88)81-59(42-49-44-75-54-31-10-8-28-51(49)54)65(87)79-57(34-14-18-40-71)63(85)77-55(60(73)82)32-12-16-38-69/h1-10,21-24,27-28,30-31,43-44,52,55-59,74-75H,11-20,25-26,29,32-42,45,68-72H2,(H2,73,82)(H,76,84)(H,77,85)(H,78,83)(H,79,87)(H,80,86)(H,81,88)/t52-,55+,56-,57+,58-,59+/m1/s1. The Morgan fingerprint density at radius 3 is 1.27 bits per heavy atom. The fourth-order valence-electron chi connectivity index (χ4n) is 11.3. The quantitative estimate of drug-likeness (QED) is 0.0238. The number of primary amides is 1. The van der Waals surface area contributed by atoms with E-state index in [1.165, 1.54) is 0 Å². The molecule has 0 aliphatic heterocycles. The maximum absolute atomic E-state index is 16.1. The van der Waals surface area contributed by atoms with Crippen LogP contribution in [0.25, 0.3) is 21.8 Å². The van der Waals surface area contributed by atoms with Crippen molar-refractivity contribution in [2.45, 2.75) is 165 Å². The zero-order valence-corrected chi connectivity index (χ0v) is 51.0. The Kier molecular flexibility index (Phi) is 29.1. The Balaban J connectivity index is 1.40. The van der Waals surface area contributed by atoms with Crippen LogP contribution in [0.5, 0.6) is 0 Å². The number of benzene rings is 4. The van der Waals surface area contributed by atoms with Crippen molar-refractivity contribution in [1.29, 1.82) is 0 Å². The molecule has 476 valence electrons. The molecule has 0 saturated carbocycles. The summed E-state index contributed by atoms with van der Waals surface area (Å²) in [5, 5.41) is 19.6. The van der Waals surface area contributed by atoms with E-state index in [-0.39, 0.29) is 51.5 Å². The SMILES string of the molecule is NCCCC[C@@H](N)C(=O)N[C@H](CCCCN)C(=O)N[C@H](Cc1c[nH]c2ccccc12)C(=O)NCC(CCCc1ccccc1)(CCCc1ccccc1)C(=O)N[C@@H](Cc1c[nH]c2ccccc12)C(=O)N[C@@H](CCCCN)C(=O)N[C@@H](CCCCN)C(N)=O. The van der Waals surface area contributed by atoms with Gasteiger partial charge >= 0.3 is 0 Å². The van der Waals surface area contributed by atoms with Gasteiger partial charge in [-0.2, -0.15) is 0 Å². The smallest absolute Gasteiger partial charge is 0.243 e. The van der Waals surface area contributed by atoms with Gasteiger partial charge in [0, 0.05) is 53.6 Å². The fraction of sp³-hybridized carbons (Fsp3) is 0.478. The lowest BCUT2D eigenvalue weighted by Gasteiger charge is -2.35. The predicted octanol–water partition coefficient (Wildman–Crippen LogP) is 4.34. The minimum Gasteiger partial charge on any atom is -0.368 e. The first-order valence-corrected chi connectivity index (χ1v) is 31.5. The van der Waals surface area contributed by atoms with Gasteiger partial charge in [-0.25, -0.2) is 0 Å². The average molecular weight is 1210 g/mol. The van der Waals surface area contributed by atoms with E-state index in [0.29, 0.717) is 110 Å². The molecule has 21 heteroatoms. The summed E-state index contributed by atoms with van der Waals surface area (Å²) in [4.78, 5) is 108. The third-order valence-corrected chi connectivity index (χ3v) is 16.5. The summed E-state index contributed by atoms with van der Waals surface area (Å²) < 4.78 is 0. The van der Waals surface area contributed by atoms with Crippen molar-refractivity contribution >= 4 is 63.2 Å². The van der Waals surface area contributed by atoms with Crippen molar-refractivity contribution in [2.75, 3.05) is 32.7 Å². The van der Waals surface area contributed by atoms with Gasteiger partial charge in [0.25, 0.3) is 0 Å². The number of hydrogen-bond donors (Lipinski definition) is 14. The van der Waals surface area contributed by atoms with Crippen molar-refractivity contribution in [3.05, 3.63) is 144 Å². The van der Waals surface area contributed by atoms with E-state index < -0.39 is 83.0 Å². The van der Waals surface area contributed by atoms with Crippen LogP contribution in [0.15, 0.2) is 122 Å². The molecule has 0 unspecified atom stereocenters. The maximum Gasteiger partial charge on any atom is 0.243 e. The summed E-state index contributed by atoms with van der Waals surface area (Å²) in [5.41, 5.74) is 39.2. The van der Waals surface area contributed by atoms with E-state index in [9.17, 15) is 19.2 Å². The lowest BCUT2D eigenvalue weighted by atomic mass is 9.76. The number of unbranched alkanes of at least 4 members (excludes halogenated alkanes) is 4. The Hall–Kier alpha value is -7.95. The van der Waals surface area contributed by atoms with Gasteiger partial charge in [-0.1, -0.05) is 103 Å². The number of carbonyl (C=O) groups excluding carboxylic acids is 7. The average Bonchev–Trinajstić information content (AvgIpc) is 4.05. The molecule has 20 N–H and O–H groups in total. The minimum absolute atomic E-state index is 0.00148. The second kappa shape index (κ2) is 37.0. The zero-order valence-electron chi connectivity index (χ0n) is 51.0. The summed E-state index contributed by atoms with van der Waals surface area (Å²) in [6.07, 6.45) is 11.9. The predicted molar refractivity (Wildman–Crippen MR) is 347 cm³/mol. The molecule has 0 radical (unpaired) electrons.